The van der Waals surface area contributed by atoms with Crippen LogP contribution in [0, 0.1) is 0 Å². The topological polar surface area (TPSA) is 54.0 Å². The highest BCUT2D eigenvalue weighted by Crippen LogP contribution is 2.29. The minimum absolute atomic E-state index is 0.155. The fourth-order valence-corrected chi connectivity index (χ4v) is 1.83. The lowest BCUT2D eigenvalue weighted by Crippen LogP contribution is -2.53. The van der Waals surface area contributed by atoms with Crippen molar-refractivity contribution in [2.24, 2.45) is 0 Å². The van der Waals surface area contributed by atoms with Crippen molar-refractivity contribution < 1.29 is 4.79 Å². The number of nitrogens with zero attached hydrogens (tertiary/aromatic N) is 1. The van der Waals surface area contributed by atoms with Crippen molar-refractivity contribution in [2.75, 3.05) is 0 Å². The molecule has 0 spiro atoms. The Kier molecular flexibility index (Phi) is 6.86. The number of pyridine rings is 1. The molecule has 0 aliphatic carbocycles. The van der Waals surface area contributed by atoms with Gasteiger partial charge >= 0.3 is 0 Å². The number of nitrogens with one attached hydrogen (secondary N) is 2. The summed E-state index contributed by atoms with van der Waals surface area (Å²) in [6.45, 7) is 2.35. The third-order valence-electron chi connectivity index (χ3n) is 2.34. The maximum Gasteiger partial charge on any atom is 0.223 e. The molecule has 1 aromatic rings. The van der Waals surface area contributed by atoms with Crippen LogP contribution in [0.3, 0.4) is 0 Å². The molecule has 1 rings (SSSR count). The molecule has 106 valence electrons. The van der Waals surface area contributed by atoms with Gasteiger partial charge in [-0.25, -0.2) is 0 Å². The van der Waals surface area contributed by atoms with Crippen LogP contribution < -0.4 is 10.6 Å². The van der Waals surface area contributed by atoms with E-state index in [4.69, 9.17) is 34.8 Å². The normalized spacial score (nSPS) is 13.1. The van der Waals surface area contributed by atoms with E-state index in [1.807, 2.05) is 19.1 Å². The van der Waals surface area contributed by atoms with Crippen molar-refractivity contribution >= 4 is 40.7 Å². The molecule has 4 nitrogen and oxygen atoms in total. The van der Waals surface area contributed by atoms with Gasteiger partial charge in [0.1, 0.15) is 6.17 Å². The molecule has 1 amide bonds. The van der Waals surface area contributed by atoms with E-state index in [0.29, 0.717) is 13.0 Å². The van der Waals surface area contributed by atoms with Gasteiger partial charge in [0, 0.05) is 25.4 Å². The van der Waals surface area contributed by atoms with Gasteiger partial charge in [0.25, 0.3) is 0 Å². The Bertz CT molecular complexity index is 395. The summed E-state index contributed by atoms with van der Waals surface area (Å²) in [7, 11) is 0. The Morgan fingerprint density at radius 3 is 2.74 bits per heavy atom. The van der Waals surface area contributed by atoms with E-state index in [-0.39, 0.29) is 5.91 Å². The van der Waals surface area contributed by atoms with E-state index < -0.39 is 9.96 Å². The lowest BCUT2D eigenvalue weighted by Gasteiger charge is -2.26. The summed E-state index contributed by atoms with van der Waals surface area (Å²) in [6.07, 6.45) is 3.76. The zero-order valence-electron chi connectivity index (χ0n) is 10.5. The Balaban J connectivity index is 2.58. The number of alkyl halides is 3. The number of carbonyl (C=O) groups excluding carboxylic acids is 1. The first-order valence-corrected chi connectivity index (χ1v) is 7.05. The van der Waals surface area contributed by atoms with Crippen LogP contribution in [0.15, 0.2) is 24.5 Å². The lowest BCUT2D eigenvalue weighted by atomic mass is 10.3. The number of amides is 1. The Morgan fingerprint density at radius 1 is 1.47 bits per heavy atom. The van der Waals surface area contributed by atoms with Crippen molar-refractivity contribution in [1.29, 1.82) is 0 Å². The van der Waals surface area contributed by atoms with Crippen LogP contribution in [0.1, 0.15) is 25.3 Å². The average molecular weight is 325 g/mol. The molecule has 0 saturated heterocycles. The minimum atomic E-state index is -1.62. The van der Waals surface area contributed by atoms with E-state index in [9.17, 15) is 4.79 Å². The quantitative estimate of drug-likeness (QED) is 0.625. The van der Waals surface area contributed by atoms with E-state index in [1.54, 1.807) is 12.4 Å². The third-order valence-corrected chi connectivity index (χ3v) is 3.00. The van der Waals surface area contributed by atoms with Gasteiger partial charge in [0.15, 0.2) is 0 Å². The minimum Gasteiger partial charge on any atom is -0.337 e. The van der Waals surface area contributed by atoms with Gasteiger partial charge in [-0.05, 0) is 18.1 Å². The van der Waals surface area contributed by atoms with E-state index in [1.165, 1.54) is 0 Å². The van der Waals surface area contributed by atoms with Crippen LogP contribution in [-0.2, 0) is 11.3 Å². The van der Waals surface area contributed by atoms with Crippen LogP contribution in [-0.4, -0.2) is 20.8 Å². The smallest absolute Gasteiger partial charge is 0.223 e. The summed E-state index contributed by atoms with van der Waals surface area (Å²) in [4.78, 5) is 15.6. The van der Waals surface area contributed by atoms with Gasteiger partial charge in [0.2, 0.25) is 9.70 Å². The summed E-state index contributed by atoms with van der Waals surface area (Å²) in [5.41, 5.74) is 0.937. The molecular weight excluding hydrogens is 309 g/mol. The molecule has 0 fully saturated rings. The highest BCUT2D eigenvalue weighted by atomic mass is 35.6. The van der Waals surface area contributed by atoms with Gasteiger partial charge in [-0.15, -0.1) is 0 Å². The second-order valence-corrected chi connectivity index (χ2v) is 6.40. The van der Waals surface area contributed by atoms with Crippen LogP contribution in [0.2, 0.25) is 0 Å². The number of aromatic nitrogens is 1. The summed E-state index contributed by atoms with van der Waals surface area (Å²) >= 11 is 17.5. The SMILES string of the molecule is CCCC(=O)NC(NCc1cccnc1)C(Cl)(Cl)Cl. The summed E-state index contributed by atoms with van der Waals surface area (Å²) < 4.78 is -1.62. The summed E-state index contributed by atoms with van der Waals surface area (Å²) in [6, 6.07) is 3.71. The number of carbonyl (C=O) groups is 1. The first-order valence-electron chi connectivity index (χ1n) is 5.92. The molecule has 0 bridgehead atoms. The molecule has 0 radical (unpaired) electrons. The Morgan fingerprint density at radius 2 is 2.21 bits per heavy atom. The third kappa shape index (κ3) is 6.43. The highest BCUT2D eigenvalue weighted by Gasteiger charge is 2.33. The van der Waals surface area contributed by atoms with E-state index in [2.05, 4.69) is 15.6 Å². The second kappa shape index (κ2) is 7.90. The van der Waals surface area contributed by atoms with Crippen molar-refractivity contribution in [3.63, 3.8) is 0 Å². The molecule has 1 atom stereocenters. The van der Waals surface area contributed by atoms with Gasteiger partial charge in [-0.3, -0.25) is 15.1 Å². The number of rotatable bonds is 6. The summed E-state index contributed by atoms with van der Waals surface area (Å²) in [5, 5.41) is 5.66. The maximum absolute atomic E-state index is 11.6. The fourth-order valence-electron chi connectivity index (χ4n) is 1.43. The molecule has 0 aromatic carbocycles. The van der Waals surface area contributed by atoms with Crippen LogP contribution >= 0.6 is 34.8 Å². The van der Waals surface area contributed by atoms with Crippen molar-refractivity contribution in [1.82, 2.24) is 15.6 Å². The molecule has 0 aliphatic heterocycles. The second-order valence-electron chi connectivity index (χ2n) is 4.03. The van der Waals surface area contributed by atoms with Gasteiger partial charge in [-0.2, -0.15) is 0 Å². The van der Waals surface area contributed by atoms with Gasteiger partial charge < -0.3 is 5.32 Å². The summed E-state index contributed by atoms with van der Waals surface area (Å²) in [5.74, 6) is -0.155. The number of hydrogen-bond donors (Lipinski definition) is 2. The molecule has 0 saturated carbocycles. The van der Waals surface area contributed by atoms with Crippen molar-refractivity contribution in [2.45, 2.75) is 36.3 Å². The number of halogens is 3. The fraction of sp³-hybridized carbons (Fsp3) is 0.500. The zero-order chi connectivity index (χ0) is 14.3. The standard InChI is InChI=1S/C12H16Cl3N3O/c1-2-4-10(19)18-11(12(13,14)15)17-8-9-5-3-6-16-7-9/h3,5-7,11,17H,2,4,8H2,1H3,(H,18,19). The Hall–Kier alpha value is -0.550. The zero-order valence-corrected chi connectivity index (χ0v) is 12.8. The van der Waals surface area contributed by atoms with E-state index >= 15 is 0 Å². The molecule has 0 aliphatic rings. The predicted molar refractivity (Wildman–Crippen MR) is 78.2 cm³/mol. The van der Waals surface area contributed by atoms with Crippen molar-refractivity contribution in [3.05, 3.63) is 30.1 Å². The Labute approximate surface area is 127 Å². The largest absolute Gasteiger partial charge is 0.337 e. The molecule has 1 heterocycles. The first-order chi connectivity index (χ1) is 8.93. The average Bonchev–Trinajstić information content (AvgIpc) is 2.34. The van der Waals surface area contributed by atoms with Gasteiger partial charge in [-0.1, -0.05) is 47.8 Å². The molecule has 7 heteroatoms. The molecule has 2 N–H and O–H groups in total. The molecular formula is C12H16Cl3N3O. The maximum atomic E-state index is 11.6. The molecule has 1 unspecified atom stereocenters. The van der Waals surface area contributed by atoms with Crippen LogP contribution in [0.4, 0.5) is 0 Å². The predicted octanol–water partition coefficient (Wildman–Crippen LogP) is 2.78. The molecule has 1 aromatic heterocycles. The van der Waals surface area contributed by atoms with Crippen LogP contribution in [0.5, 0.6) is 0 Å². The number of hydrogen-bond acceptors (Lipinski definition) is 3. The first kappa shape index (κ1) is 16.5. The van der Waals surface area contributed by atoms with Crippen LogP contribution in [0.25, 0.3) is 0 Å². The monoisotopic (exact) mass is 323 g/mol. The van der Waals surface area contributed by atoms with E-state index in [0.717, 1.165) is 12.0 Å². The lowest BCUT2D eigenvalue weighted by molar-refractivity contribution is -0.122. The highest BCUT2D eigenvalue weighted by molar-refractivity contribution is 6.68. The van der Waals surface area contributed by atoms with Gasteiger partial charge in [0.05, 0.1) is 0 Å². The van der Waals surface area contributed by atoms with Crippen molar-refractivity contribution in [3.8, 4) is 0 Å². The molecule has 19 heavy (non-hydrogen) atoms.